The van der Waals surface area contributed by atoms with Gasteiger partial charge >= 0.3 is 0 Å². The molecule has 0 nitrogen and oxygen atoms in total. The molecule has 0 radical (unpaired) electrons. The van der Waals surface area contributed by atoms with E-state index in [0.29, 0.717) is 0 Å². The van der Waals surface area contributed by atoms with Crippen molar-refractivity contribution in [2.24, 2.45) is 0 Å². The molecule has 0 N–H and O–H groups in total. The Morgan fingerprint density at radius 3 is 2.75 bits per heavy atom. The number of rotatable bonds is 3. The van der Waals surface area contributed by atoms with Crippen LogP contribution in [0.3, 0.4) is 0 Å². The van der Waals surface area contributed by atoms with Crippen LogP contribution in [0.25, 0.3) is 5.57 Å². The molecule has 1 aromatic rings. The highest BCUT2D eigenvalue weighted by molar-refractivity contribution is 5.61. The Morgan fingerprint density at radius 2 is 2.17 bits per heavy atom. The van der Waals surface area contributed by atoms with Crippen molar-refractivity contribution in [1.29, 1.82) is 0 Å². The smallest absolute Gasteiger partial charge is 0.0231 e. The van der Waals surface area contributed by atoms with E-state index in [4.69, 9.17) is 0 Å². The molecule has 0 unspecified atom stereocenters. The van der Waals surface area contributed by atoms with Crippen LogP contribution < -0.4 is 0 Å². The second kappa shape index (κ2) is 4.10. The number of hydrogen-bond donors (Lipinski definition) is 0. The van der Waals surface area contributed by atoms with Gasteiger partial charge in [0.05, 0.1) is 0 Å². The van der Waals surface area contributed by atoms with Crippen LogP contribution >= 0.6 is 0 Å². The third kappa shape index (κ3) is 2.23. The predicted octanol–water partition coefficient (Wildman–Crippen LogP) is 3.67. The minimum absolute atomic E-state index is 1.15. The fourth-order valence-electron chi connectivity index (χ4n) is 1.28. The van der Waals surface area contributed by atoms with E-state index in [2.05, 4.69) is 37.8 Å². The van der Waals surface area contributed by atoms with Gasteiger partial charge in [-0.15, -0.1) is 0 Å². The number of aryl methyl sites for hydroxylation is 1. The molecule has 0 aromatic heterocycles. The van der Waals surface area contributed by atoms with E-state index < -0.39 is 0 Å². The van der Waals surface area contributed by atoms with Gasteiger partial charge < -0.3 is 0 Å². The lowest BCUT2D eigenvalue weighted by molar-refractivity contribution is 0.921. The van der Waals surface area contributed by atoms with Crippen molar-refractivity contribution < 1.29 is 0 Å². The van der Waals surface area contributed by atoms with Crippen molar-refractivity contribution in [3.63, 3.8) is 0 Å². The van der Waals surface area contributed by atoms with Crippen molar-refractivity contribution in [3.05, 3.63) is 42.0 Å². The highest BCUT2D eigenvalue weighted by atomic mass is 14.0. The normalized spacial score (nSPS) is 9.83. The summed E-state index contributed by atoms with van der Waals surface area (Å²) in [7, 11) is 0. The molecule has 0 fully saturated rings. The summed E-state index contributed by atoms with van der Waals surface area (Å²) in [6, 6.07) is 8.62. The summed E-state index contributed by atoms with van der Waals surface area (Å²) in [5.74, 6) is 0. The summed E-state index contributed by atoms with van der Waals surface area (Å²) in [6.45, 7) is 8.18. The maximum atomic E-state index is 3.93. The Morgan fingerprint density at radius 1 is 1.42 bits per heavy atom. The van der Waals surface area contributed by atoms with E-state index >= 15 is 0 Å². The lowest BCUT2D eigenvalue weighted by Crippen LogP contribution is -1.85. The van der Waals surface area contributed by atoms with Gasteiger partial charge in [0.15, 0.2) is 0 Å². The van der Waals surface area contributed by atoms with E-state index in [9.17, 15) is 0 Å². The molecule has 0 bridgehead atoms. The number of hydrogen-bond acceptors (Lipinski definition) is 0. The van der Waals surface area contributed by atoms with Crippen LogP contribution in [0.4, 0.5) is 0 Å². The number of benzene rings is 1. The van der Waals surface area contributed by atoms with Gasteiger partial charge in [-0.1, -0.05) is 49.8 Å². The van der Waals surface area contributed by atoms with Crippen LogP contribution in [0.1, 0.15) is 31.4 Å². The Labute approximate surface area is 74.9 Å². The average molecular weight is 160 g/mol. The van der Waals surface area contributed by atoms with Gasteiger partial charge in [-0.2, -0.15) is 0 Å². The zero-order valence-corrected chi connectivity index (χ0v) is 7.93. The van der Waals surface area contributed by atoms with Crippen LogP contribution in [0.15, 0.2) is 30.8 Å². The van der Waals surface area contributed by atoms with E-state index in [1.54, 1.807) is 0 Å². The first-order valence-electron chi connectivity index (χ1n) is 4.49. The SMILES string of the molecule is C=C(C)c1cccc(CCC)c1. The minimum Gasteiger partial charge on any atom is -0.0955 e. The fraction of sp³-hybridized carbons (Fsp3) is 0.333. The summed E-state index contributed by atoms with van der Waals surface area (Å²) in [5, 5.41) is 0. The van der Waals surface area contributed by atoms with Gasteiger partial charge in [-0.25, -0.2) is 0 Å². The molecule has 0 heterocycles. The third-order valence-corrected chi connectivity index (χ3v) is 1.96. The van der Waals surface area contributed by atoms with Gasteiger partial charge in [0, 0.05) is 0 Å². The van der Waals surface area contributed by atoms with Crippen LogP contribution in [0.2, 0.25) is 0 Å². The first-order valence-corrected chi connectivity index (χ1v) is 4.49. The molecule has 0 saturated carbocycles. The molecule has 0 spiro atoms. The molecule has 12 heavy (non-hydrogen) atoms. The topological polar surface area (TPSA) is 0 Å². The second-order valence-electron chi connectivity index (χ2n) is 3.23. The van der Waals surface area contributed by atoms with Crippen molar-refractivity contribution in [2.45, 2.75) is 26.7 Å². The fourth-order valence-corrected chi connectivity index (χ4v) is 1.28. The third-order valence-electron chi connectivity index (χ3n) is 1.96. The summed E-state index contributed by atoms with van der Waals surface area (Å²) in [5.41, 5.74) is 3.83. The monoisotopic (exact) mass is 160 g/mol. The van der Waals surface area contributed by atoms with Gasteiger partial charge in [0.1, 0.15) is 0 Å². The quantitative estimate of drug-likeness (QED) is 0.633. The van der Waals surface area contributed by atoms with Crippen LogP contribution in [-0.2, 0) is 6.42 Å². The van der Waals surface area contributed by atoms with Crippen LogP contribution in [0, 0.1) is 0 Å². The molecule has 0 heteroatoms. The summed E-state index contributed by atoms with van der Waals surface area (Å²) in [6.07, 6.45) is 2.38. The lowest BCUT2D eigenvalue weighted by Gasteiger charge is -2.02. The molecule has 1 aromatic carbocycles. The first kappa shape index (κ1) is 9.05. The van der Waals surface area contributed by atoms with E-state index in [1.807, 2.05) is 6.92 Å². The highest BCUT2D eigenvalue weighted by Gasteiger charge is 1.94. The van der Waals surface area contributed by atoms with Crippen molar-refractivity contribution in [2.75, 3.05) is 0 Å². The Bertz CT molecular complexity index is 271. The maximum absolute atomic E-state index is 3.93. The van der Waals surface area contributed by atoms with Gasteiger partial charge in [-0.05, 0) is 24.5 Å². The standard InChI is InChI=1S/C12H16/c1-4-6-11-7-5-8-12(9-11)10(2)3/h5,7-9H,2,4,6H2,1,3H3. The summed E-state index contributed by atoms with van der Waals surface area (Å²) >= 11 is 0. The molecule has 0 saturated heterocycles. The predicted molar refractivity (Wildman–Crippen MR) is 55.1 cm³/mol. The molecule has 0 aliphatic heterocycles. The largest absolute Gasteiger partial charge is 0.0955 e. The first-order chi connectivity index (χ1) is 5.74. The van der Waals surface area contributed by atoms with Crippen molar-refractivity contribution in [3.8, 4) is 0 Å². The average Bonchev–Trinajstić information content (AvgIpc) is 2.05. The van der Waals surface area contributed by atoms with Gasteiger partial charge in [0.2, 0.25) is 0 Å². The Kier molecular flexibility index (Phi) is 3.09. The summed E-state index contributed by atoms with van der Waals surface area (Å²) in [4.78, 5) is 0. The molecule has 64 valence electrons. The van der Waals surface area contributed by atoms with Crippen molar-refractivity contribution >= 4 is 5.57 Å². The molecular weight excluding hydrogens is 144 g/mol. The lowest BCUT2D eigenvalue weighted by atomic mass is 10.0. The summed E-state index contributed by atoms with van der Waals surface area (Å²) < 4.78 is 0. The van der Waals surface area contributed by atoms with E-state index in [-0.39, 0.29) is 0 Å². The van der Waals surface area contributed by atoms with E-state index in [0.717, 1.165) is 5.57 Å². The molecule has 0 aliphatic carbocycles. The minimum atomic E-state index is 1.15. The molecule has 1 rings (SSSR count). The Balaban J connectivity index is 2.88. The van der Waals surface area contributed by atoms with Gasteiger partial charge in [-0.3, -0.25) is 0 Å². The highest BCUT2D eigenvalue weighted by Crippen LogP contribution is 2.14. The molecule has 0 aliphatic rings. The van der Waals surface area contributed by atoms with Crippen LogP contribution in [0.5, 0.6) is 0 Å². The molecular formula is C12H16. The molecule has 0 atom stereocenters. The van der Waals surface area contributed by atoms with Crippen LogP contribution in [-0.4, -0.2) is 0 Å². The zero-order chi connectivity index (χ0) is 8.97. The van der Waals surface area contributed by atoms with E-state index in [1.165, 1.54) is 24.0 Å². The number of allylic oxidation sites excluding steroid dienone is 1. The zero-order valence-electron chi connectivity index (χ0n) is 7.93. The maximum Gasteiger partial charge on any atom is -0.0231 e. The van der Waals surface area contributed by atoms with Gasteiger partial charge in [0.25, 0.3) is 0 Å². The van der Waals surface area contributed by atoms with Crippen molar-refractivity contribution in [1.82, 2.24) is 0 Å². The Hall–Kier alpha value is -1.04. The second-order valence-corrected chi connectivity index (χ2v) is 3.23. The molecule has 0 amide bonds.